The van der Waals surface area contributed by atoms with E-state index in [1.54, 1.807) is 4.57 Å². The number of para-hydroxylation sites is 1. The summed E-state index contributed by atoms with van der Waals surface area (Å²) in [5, 5.41) is 4.12. The number of thiazole rings is 1. The molecule has 0 aliphatic heterocycles. The van der Waals surface area contributed by atoms with Gasteiger partial charge in [-0.25, -0.2) is 4.98 Å². The van der Waals surface area contributed by atoms with Gasteiger partial charge in [-0.15, -0.1) is 0 Å². The van der Waals surface area contributed by atoms with Crippen molar-refractivity contribution in [3.8, 4) is 5.13 Å². The number of rotatable bonds is 3. The molecule has 0 unspecified atom stereocenters. The maximum Gasteiger partial charge on any atom is 1.00 e. The summed E-state index contributed by atoms with van der Waals surface area (Å²) in [6.07, 6.45) is 0. The maximum absolute atomic E-state index is 13.1. The Hall–Kier alpha value is -2.45. The number of hydrogen-bond donors (Lipinski definition) is 1. The van der Waals surface area contributed by atoms with E-state index >= 15 is 0 Å². The number of nitrogens with zero attached hydrogens (tertiary/aromatic N) is 3. The summed E-state index contributed by atoms with van der Waals surface area (Å²) in [7, 11) is 0. The van der Waals surface area contributed by atoms with E-state index in [2.05, 4.69) is 10.1 Å². The first-order valence-corrected chi connectivity index (χ1v) is 9.68. The predicted octanol–water partition coefficient (Wildman–Crippen LogP) is 0.451. The van der Waals surface area contributed by atoms with Crippen LogP contribution in [-0.2, 0) is 6.54 Å². The van der Waals surface area contributed by atoms with Crippen LogP contribution in [0.4, 0.5) is 0 Å². The fourth-order valence-electron chi connectivity index (χ4n) is 3.46. The number of nitrogens with one attached hydrogen (secondary N) is 1. The standard InChI is InChI=1S/C21H16N4O2S.Na/c1-13-19-16(11-18(26)24(13)12-14-7-3-2-4-8-14)23-25(20(19)27)21-22-15-9-5-6-10-17(15)28-21;/h2-11,23H,12H2,1H3;/q;+1. The van der Waals surface area contributed by atoms with Gasteiger partial charge in [-0.2, -0.15) is 4.68 Å². The van der Waals surface area contributed by atoms with Crippen LogP contribution < -0.4 is 40.7 Å². The Bertz CT molecular complexity index is 1410. The molecule has 0 radical (unpaired) electrons. The van der Waals surface area contributed by atoms with Gasteiger partial charge in [0.15, 0.2) is 0 Å². The number of aromatic amines is 1. The molecular formula is C21H16N4NaO2S+. The summed E-state index contributed by atoms with van der Waals surface area (Å²) in [6, 6.07) is 19.0. The Labute approximate surface area is 191 Å². The predicted molar refractivity (Wildman–Crippen MR) is 112 cm³/mol. The first-order valence-electron chi connectivity index (χ1n) is 8.87. The molecule has 5 rings (SSSR count). The first kappa shape index (κ1) is 19.8. The zero-order chi connectivity index (χ0) is 19.3. The van der Waals surface area contributed by atoms with Gasteiger partial charge >= 0.3 is 29.6 Å². The second-order valence-electron chi connectivity index (χ2n) is 6.64. The minimum absolute atomic E-state index is 0. The zero-order valence-corrected chi connectivity index (χ0v) is 18.9. The molecule has 0 aliphatic rings. The van der Waals surface area contributed by atoms with Gasteiger partial charge in [-0.3, -0.25) is 14.7 Å². The molecule has 0 saturated heterocycles. The van der Waals surface area contributed by atoms with Crippen molar-refractivity contribution >= 4 is 32.5 Å². The molecule has 6 nitrogen and oxygen atoms in total. The molecule has 3 aromatic heterocycles. The van der Waals surface area contributed by atoms with E-state index in [-0.39, 0.29) is 40.7 Å². The van der Waals surface area contributed by atoms with Crippen LogP contribution in [0.3, 0.4) is 0 Å². The normalized spacial score (nSPS) is 11.1. The van der Waals surface area contributed by atoms with Crippen LogP contribution in [0.2, 0.25) is 0 Å². The molecule has 2 aromatic carbocycles. The van der Waals surface area contributed by atoms with E-state index in [0.29, 0.717) is 28.3 Å². The van der Waals surface area contributed by atoms with E-state index in [1.165, 1.54) is 22.1 Å². The molecule has 0 atom stereocenters. The smallest absolute Gasteiger partial charge is 0.308 e. The second kappa shape index (κ2) is 7.76. The Morgan fingerprint density at radius 2 is 1.76 bits per heavy atom. The van der Waals surface area contributed by atoms with E-state index in [9.17, 15) is 9.59 Å². The van der Waals surface area contributed by atoms with Crippen molar-refractivity contribution in [3.05, 3.63) is 92.6 Å². The van der Waals surface area contributed by atoms with E-state index in [0.717, 1.165) is 15.8 Å². The molecular weight excluding hydrogens is 395 g/mol. The van der Waals surface area contributed by atoms with Crippen LogP contribution in [0.15, 0.2) is 70.3 Å². The van der Waals surface area contributed by atoms with Gasteiger partial charge in [0.2, 0.25) is 5.13 Å². The van der Waals surface area contributed by atoms with Crippen LogP contribution in [0.1, 0.15) is 11.3 Å². The molecule has 0 saturated carbocycles. The topological polar surface area (TPSA) is 72.7 Å². The summed E-state index contributed by atoms with van der Waals surface area (Å²) in [5.74, 6) is 0. The van der Waals surface area contributed by atoms with Crippen molar-refractivity contribution in [2.24, 2.45) is 0 Å². The summed E-state index contributed by atoms with van der Waals surface area (Å²) in [4.78, 5) is 30.3. The molecule has 29 heavy (non-hydrogen) atoms. The average Bonchev–Trinajstić information content (AvgIpc) is 3.27. The number of aromatic nitrogens is 4. The summed E-state index contributed by atoms with van der Waals surface area (Å²) in [6.45, 7) is 2.23. The molecule has 5 aromatic rings. The number of aryl methyl sites for hydroxylation is 1. The Kier molecular flexibility index (Phi) is 5.31. The average molecular weight is 411 g/mol. The second-order valence-corrected chi connectivity index (χ2v) is 7.65. The number of pyridine rings is 1. The van der Waals surface area contributed by atoms with Gasteiger partial charge in [-0.1, -0.05) is 53.8 Å². The Morgan fingerprint density at radius 3 is 2.52 bits per heavy atom. The van der Waals surface area contributed by atoms with Crippen LogP contribution >= 0.6 is 11.3 Å². The first-order chi connectivity index (χ1) is 13.6. The quantitative estimate of drug-likeness (QED) is 0.438. The van der Waals surface area contributed by atoms with Crippen molar-refractivity contribution in [1.82, 2.24) is 19.3 Å². The maximum atomic E-state index is 13.1. The van der Waals surface area contributed by atoms with E-state index in [4.69, 9.17) is 0 Å². The van der Waals surface area contributed by atoms with Gasteiger partial charge in [0.05, 0.1) is 27.7 Å². The van der Waals surface area contributed by atoms with E-state index < -0.39 is 0 Å². The van der Waals surface area contributed by atoms with Gasteiger partial charge in [0.1, 0.15) is 0 Å². The summed E-state index contributed by atoms with van der Waals surface area (Å²) >= 11 is 1.43. The molecule has 0 fully saturated rings. The Balaban J connectivity index is 0.00000205. The van der Waals surface area contributed by atoms with Crippen LogP contribution in [-0.4, -0.2) is 19.3 Å². The minimum Gasteiger partial charge on any atom is -0.308 e. The van der Waals surface area contributed by atoms with Crippen molar-refractivity contribution in [2.45, 2.75) is 13.5 Å². The fourth-order valence-corrected chi connectivity index (χ4v) is 4.39. The molecule has 0 aliphatic carbocycles. The van der Waals surface area contributed by atoms with Crippen LogP contribution in [0, 0.1) is 6.92 Å². The Morgan fingerprint density at radius 1 is 1.03 bits per heavy atom. The zero-order valence-electron chi connectivity index (χ0n) is 16.0. The summed E-state index contributed by atoms with van der Waals surface area (Å²) < 4.78 is 4.06. The van der Waals surface area contributed by atoms with Gasteiger partial charge in [0, 0.05) is 11.8 Å². The van der Waals surface area contributed by atoms with Gasteiger partial charge in [-0.05, 0) is 24.6 Å². The molecule has 138 valence electrons. The van der Waals surface area contributed by atoms with Crippen molar-refractivity contribution in [2.75, 3.05) is 0 Å². The number of H-pyrrole nitrogens is 1. The third-order valence-corrected chi connectivity index (χ3v) is 5.90. The van der Waals surface area contributed by atoms with Crippen LogP contribution in [0.25, 0.3) is 26.3 Å². The fraction of sp³-hybridized carbons (Fsp3) is 0.0952. The minimum atomic E-state index is -0.201. The monoisotopic (exact) mass is 411 g/mol. The molecule has 1 N–H and O–H groups in total. The van der Waals surface area contributed by atoms with Gasteiger partial charge in [0.25, 0.3) is 11.1 Å². The molecule has 8 heteroatoms. The largest absolute Gasteiger partial charge is 1.00 e. The number of hydrogen-bond acceptors (Lipinski definition) is 4. The number of benzene rings is 2. The van der Waals surface area contributed by atoms with Crippen molar-refractivity contribution in [1.29, 1.82) is 0 Å². The van der Waals surface area contributed by atoms with Crippen molar-refractivity contribution in [3.63, 3.8) is 0 Å². The van der Waals surface area contributed by atoms with Gasteiger partial charge < -0.3 is 4.57 Å². The van der Waals surface area contributed by atoms with Crippen molar-refractivity contribution < 1.29 is 29.6 Å². The number of fused-ring (bicyclic) bond motifs is 2. The third-order valence-electron chi connectivity index (χ3n) is 4.88. The molecule has 0 bridgehead atoms. The molecule has 3 heterocycles. The molecule has 0 spiro atoms. The summed E-state index contributed by atoms with van der Waals surface area (Å²) in [5.41, 5.74) is 2.67. The van der Waals surface area contributed by atoms with Crippen LogP contribution in [0.5, 0.6) is 0 Å². The SMILES string of the molecule is Cc1c2c(=O)n(-c3nc4ccccc4s3)[nH]c2cc(=O)n1Cc1ccccc1.[Na+]. The third kappa shape index (κ3) is 3.40. The van der Waals surface area contributed by atoms with E-state index in [1.807, 2.05) is 61.5 Å². The molecule has 0 amide bonds.